The van der Waals surface area contributed by atoms with Gasteiger partial charge in [0.25, 0.3) is 0 Å². The molecule has 656 valence electrons. The molecule has 3 aromatic rings. The van der Waals surface area contributed by atoms with E-state index in [4.69, 9.17) is 33.1 Å². The second-order valence-corrected chi connectivity index (χ2v) is 32.0. The van der Waals surface area contributed by atoms with Gasteiger partial charge in [0.1, 0.15) is 48.2 Å². The Hall–Kier alpha value is -7.48. The van der Waals surface area contributed by atoms with Gasteiger partial charge in [-0.15, -0.1) is 5.10 Å². The number of nitrogens with one attached hydrogen (secondary N) is 8. The highest BCUT2D eigenvalue weighted by Crippen LogP contribution is 2.47. The van der Waals surface area contributed by atoms with Crippen LogP contribution in [-0.2, 0) is 88.8 Å². The summed E-state index contributed by atoms with van der Waals surface area (Å²) in [5.41, 5.74) is 4.25. The Morgan fingerprint density at radius 3 is 1.70 bits per heavy atom. The molecule has 35 nitrogen and oxygen atoms in total. The van der Waals surface area contributed by atoms with Crippen LogP contribution in [0.25, 0.3) is 22.5 Å². The molecule has 0 bridgehead atoms. The summed E-state index contributed by atoms with van der Waals surface area (Å²) in [6, 6.07) is 11.1. The molecule has 36 heteroatoms. The first-order valence-corrected chi connectivity index (χ1v) is 43.7. The van der Waals surface area contributed by atoms with Crippen LogP contribution in [0.2, 0.25) is 0 Å². The van der Waals surface area contributed by atoms with Gasteiger partial charge in [-0.05, 0) is 102 Å². The normalized spacial score (nSPS) is 21.0. The van der Waals surface area contributed by atoms with Gasteiger partial charge in [0.15, 0.2) is 12.6 Å². The highest BCUT2D eigenvalue weighted by Gasteiger charge is 2.46. The van der Waals surface area contributed by atoms with Gasteiger partial charge in [-0.25, -0.2) is 9.25 Å². The number of benzene rings is 2. The average Bonchev–Trinajstić information content (AvgIpc) is 1.66. The molecule has 1 saturated carbocycles. The molecule has 4 heterocycles. The van der Waals surface area contributed by atoms with Crippen molar-refractivity contribution in [2.24, 2.45) is 0 Å². The average molecular weight is 1670 g/mol. The third-order valence-corrected chi connectivity index (χ3v) is 22.2. The predicted octanol–water partition coefficient (Wildman–Crippen LogP) is 4.44. The number of aryl methyl sites for hydroxylation is 1. The molecule has 117 heavy (non-hydrogen) atoms. The van der Waals surface area contributed by atoms with Crippen molar-refractivity contribution in [3.05, 3.63) is 54.1 Å². The molecule has 7 rings (SSSR count). The number of fused-ring (bicyclic) bond motifs is 5. The Balaban J connectivity index is 0.912. The summed E-state index contributed by atoms with van der Waals surface area (Å²) in [5, 5.41) is 91.7. The maximum Gasteiger partial charge on any atom is 0.472 e. The predicted molar refractivity (Wildman–Crippen MR) is 430 cm³/mol. The molecule has 15 N–H and O–H groups in total. The highest BCUT2D eigenvalue weighted by molar-refractivity contribution is 7.47. The number of rotatable bonds is 55. The van der Waals surface area contributed by atoms with Crippen LogP contribution in [0, 0.1) is 0 Å². The van der Waals surface area contributed by atoms with E-state index in [0.29, 0.717) is 126 Å². The molecule has 2 aromatic carbocycles. The van der Waals surface area contributed by atoms with E-state index in [2.05, 4.69) is 47.7 Å². The summed E-state index contributed by atoms with van der Waals surface area (Å²) >= 11 is 0. The number of unbranched alkanes of at least 4 members (excludes halogenated alkanes) is 14. The van der Waals surface area contributed by atoms with E-state index in [1.54, 1.807) is 9.58 Å². The minimum Gasteiger partial charge on any atom is -0.396 e. The number of aromatic nitrogens is 3. The molecule has 2 saturated heterocycles. The molecule has 12 atom stereocenters. The number of carbonyl (C=O) groups excluding carboxylic acids is 9. The number of nitrogens with zero attached hydrogens (tertiary/aromatic N) is 4. The van der Waals surface area contributed by atoms with E-state index in [9.17, 15) is 83.2 Å². The zero-order valence-electron chi connectivity index (χ0n) is 68.1. The maximum absolute atomic E-state index is 14.4. The lowest BCUT2D eigenvalue weighted by molar-refractivity contribution is -0.270. The van der Waals surface area contributed by atoms with Crippen molar-refractivity contribution in [3.63, 3.8) is 0 Å². The molecular formula is C81H129N12O23P. The fraction of sp³-hybridized carbons (Fsp3) is 0.716. The number of aliphatic hydroxyl groups excluding tert-OH is 6. The number of anilines is 1. The van der Waals surface area contributed by atoms with Gasteiger partial charge in [0.05, 0.1) is 56.0 Å². The number of phosphoric acid groups is 1. The summed E-state index contributed by atoms with van der Waals surface area (Å²) in [5.74, 6) is -3.76. The maximum atomic E-state index is 14.4. The Labute approximate surface area is 685 Å². The summed E-state index contributed by atoms with van der Waals surface area (Å²) in [6.45, 7) is 3.97. The number of carbonyl (C=O) groups is 9. The van der Waals surface area contributed by atoms with Crippen LogP contribution in [-0.4, -0.2) is 243 Å². The second kappa shape index (κ2) is 53.2. The number of phosphoric ester groups is 1. The second-order valence-electron chi connectivity index (χ2n) is 30.6. The monoisotopic (exact) mass is 1670 g/mol. The van der Waals surface area contributed by atoms with E-state index in [0.717, 1.165) is 81.8 Å². The van der Waals surface area contributed by atoms with Crippen molar-refractivity contribution in [2.45, 2.75) is 306 Å². The minimum atomic E-state index is -4.12. The van der Waals surface area contributed by atoms with Crippen LogP contribution in [0.5, 0.6) is 0 Å². The van der Waals surface area contributed by atoms with Crippen LogP contribution >= 0.6 is 7.82 Å². The van der Waals surface area contributed by atoms with Gasteiger partial charge < -0.3 is 102 Å². The molecule has 3 aliphatic heterocycles. The molecule has 0 radical (unpaired) electrons. The van der Waals surface area contributed by atoms with E-state index in [1.165, 1.54) is 13.8 Å². The quantitative estimate of drug-likeness (QED) is 0.0274. The van der Waals surface area contributed by atoms with E-state index >= 15 is 0 Å². The Morgan fingerprint density at radius 2 is 1.09 bits per heavy atom. The topological polar surface area (TPSA) is 498 Å². The number of ether oxygens (including phenoxy) is 4. The number of para-hydroxylation sites is 1. The van der Waals surface area contributed by atoms with Gasteiger partial charge in [0.2, 0.25) is 53.2 Å². The van der Waals surface area contributed by atoms with Gasteiger partial charge in [-0.2, -0.15) is 0 Å². The largest absolute Gasteiger partial charge is 0.472 e. The molecule has 9 amide bonds. The van der Waals surface area contributed by atoms with Crippen molar-refractivity contribution in [1.82, 2.24) is 57.5 Å². The van der Waals surface area contributed by atoms with Crippen LogP contribution in [0.15, 0.2) is 48.5 Å². The summed E-state index contributed by atoms with van der Waals surface area (Å²) < 4.78 is 47.9. The van der Waals surface area contributed by atoms with Crippen LogP contribution in [0.4, 0.5) is 5.69 Å². The lowest BCUT2D eigenvalue weighted by atomic mass is 9.95. The van der Waals surface area contributed by atoms with Crippen LogP contribution in [0.1, 0.15) is 225 Å². The number of hydrogen-bond donors (Lipinski definition) is 15. The van der Waals surface area contributed by atoms with Gasteiger partial charge in [-0.1, -0.05) is 125 Å². The fourth-order valence-electron chi connectivity index (χ4n) is 14.7. The van der Waals surface area contributed by atoms with Crippen LogP contribution < -0.4 is 47.4 Å². The zero-order valence-corrected chi connectivity index (χ0v) is 69.0. The smallest absolute Gasteiger partial charge is 0.396 e. The highest BCUT2D eigenvalue weighted by atomic mass is 31.2. The molecule has 4 aliphatic rings. The molecule has 3 fully saturated rings. The molecule has 3 unspecified atom stereocenters. The molecule has 1 aromatic heterocycles. The molecule has 1 aliphatic carbocycles. The van der Waals surface area contributed by atoms with Crippen molar-refractivity contribution in [3.8, 4) is 22.5 Å². The first kappa shape index (κ1) is 96.6. The Morgan fingerprint density at radius 1 is 0.556 bits per heavy atom. The fourth-order valence-corrected chi connectivity index (χ4v) is 15.7. The summed E-state index contributed by atoms with van der Waals surface area (Å²) in [6.07, 6.45) is 7.75. The molecular weight excluding hydrogens is 1540 g/mol. The van der Waals surface area contributed by atoms with Crippen molar-refractivity contribution in [2.75, 3.05) is 70.7 Å². The molecule has 0 spiro atoms. The summed E-state index contributed by atoms with van der Waals surface area (Å²) in [4.78, 5) is 132. The van der Waals surface area contributed by atoms with Crippen LogP contribution in [0.3, 0.4) is 0 Å². The standard InChI is InChI=1S/C81H129N12O23P/c1-55(97)86-63-51-65(99)66(53-95)114-80(63)111-48-26-8-4-20-42-82-68(100)38-36-61(78(107)84-44-22-3-7-25-47-94)89-71(103)39-37-62(79(108)85-45-23-5-9-27-49-112-81-74(87-56(2)98)77(106)76(105)67(54-96)115-81)88-70(102)35-15-12-24-46-93-75-60-33-18-19-34-64(60)92(52-57-29-16-17-32-59(57)73(75)90-91-93)72(104)41-40-69(101)83-43-21-6-10-28-50-113-117(109,110)116-58-30-13-11-14-31-58/h16-19,29,32-34,58,61-63,65-67,74,76-77,80-81,94-96,99,105-106H,3-15,20-28,30-31,35-54H2,1-2H3,(H,82,100)(H,83,101)(H,84,107)(H,85,108)(H,86,97)(H,87,98)(H,88,102)(H,89,103)(H,109,110)/t61?,62?,63-,65-,66-,67-,74-,76+,77-,80-,81-/m1/s1. The third-order valence-electron chi connectivity index (χ3n) is 21.1. The lowest BCUT2D eigenvalue weighted by Crippen LogP contribution is -2.64. The number of amides is 9. The Bertz CT molecular complexity index is 3590. The van der Waals surface area contributed by atoms with E-state index in [1.807, 2.05) is 48.5 Å². The minimum absolute atomic E-state index is 0.0128. The SMILES string of the molecule is CC(=O)N[C@H]1[C@H](OCCCCCCNC(=O)C(CCC(=O)NC(CCC(=O)NCCCCCCO[C@@H]2O[C@H](CO)[C@H](O)C[C@H]2NC(C)=O)C(=O)NCCCCCCO)NC(=O)CCCCCn2nnc3c2-c2ccccc2N(C(=O)CCC(=O)NCCCCCCOP(=O)(O)OC2CCCCC2)Cc2ccccc2-3)O[C@H](CO)[C@H](O)[C@@H]1O. The van der Waals surface area contributed by atoms with Crippen molar-refractivity contribution >= 4 is 66.7 Å². The van der Waals surface area contributed by atoms with Gasteiger partial charge >= 0.3 is 7.82 Å². The summed E-state index contributed by atoms with van der Waals surface area (Å²) in [7, 11) is -4.12. The Kier molecular flexibility index (Phi) is 44.0. The number of aliphatic hydroxyl groups is 6. The van der Waals surface area contributed by atoms with Gasteiger partial charge in [-0.3, -0.25) is 52.2 Å². The zero-order chi connectivity index (χ0) is 84.3. The lowest BCUT2D eigenvalue weighted by Gasteiger charge is -2.42. The first-order chi connectivity index (χ1) is 56.5. The van der Waals surface area contributed by atoms with E-state index < -0.39 is 118 Å². The van der Waals surface area contributed by atoms with Crippen molar-refractivity contribution < 1.29 is 111 Å². The van der Waals surface area contributed by atoms with Gasteiger partial charge in [0, 0.05) is 116 Å². The number of hydrogen-bond acceptors (Lipinski definition) is 24. The first-order valence-electron chi connectivity index (χ1n) is 42.2. The third kappa shape index (κ3) is 34.3. The van der Waals surface area contributed by atoms with Crippen molar-refractivity contribution in [1.29, 1.82) is 0 Å². The van der Waals surface area contributed by atoms with E-state index in [-0.39, 0.29) is 127 Å².